The molecule has 1 saturated carbocycles. The van der Waals surface area contributed by atoms with Crippen molar-refractivity contribution >= 4 is 33.0 Å². The number of aromatic nitrogens is 2. The summed E-state index contributed by atoms with van der Waals surface area (Å²) in [5, 5.41) is 13.1. The number of rotatable bonds is 1. The maximum absolute atomic E-state index is 12.0. The van der Waals surface area contributed by atoms with E-state index in [2.05, 4.69) is 21.0 Å². The minimum atomic E-state index is -0.517. The maximum atomic E-state index is 12.0. The molecule has 3 heterocycles. The van der Waals surface area contributed by atoms with E-state index in [9.17, 15) is 4.79 Å². The molecule has 0 spiro atoms. The molecule has 2 aliphatic rings. The van der Waals surface area contributed by atoms with E-state index in [1.807, 2.05) is 18.3 Å². The Morgan fingerprint density at radius 1 is 1.38 bits per heavy atom. The van der Waals surface area contributed by atoms with Crippen LogP contribution in [0.3, 0.4) is 0 Å². The van der Waals surface area contributed by atoms with Crippen LogP contribution >= 0.6 is 15.9 Å². The lowest BCUT2D eigenvalue weighted by atomic mass is 10.1. The summed E-state index contributed by atoms with van der Waals surface area (Å²) in [5.41, 5.74) is 1.66. The number of halogens is 1. The van der Waals surface area contributed by atoms with E-state index in [0.717, 1.165) is 15.7 Å². The van der Waals surface area contributed by atoms with Crippen molar-refractivity contribution in [3.63, 3.8) is 0 Å². The fourth-order valence-corrected chi connectivity index (χ4v) is 2.65. The van der Waals surface area contributed by atoms with Gasteiger partial charge in [-0.05, 0) is 34.5 Å². The van der Waals surface area contributed by atoms with Gasteiger partial charge >= 0.3 is 0 Å². The van der Waals surface area contributed by atoms with Gasteiger partial charge in [0.25, 0.3) is 0 Å². The normalized spacial score (nSPS) is 20.1. The molecule has 1 amide bonds. The lowest BCUT2D eigenvalue weighted by molar-refractivity contribution is -0.118. The van der Waals surface area contributed by atoms with Gasteiger partial charge in [0.15, 0.2) is 0 Å². The van der Waals surface area contributed by atoms with Gasteiger partial charge in [0.05, 0.1) is 17.3 Å². The van der Waals surface area contributed by atoms with Crippen molar-refractivity contribution in [2.75, 3.05) is 11.4 Å². The molecule has 0 bridgehead atoms. The van der Waals surface area contributed by atoms with Crippen molar-refractivity contribution < 1.29 is 4.79 Å². The number of fused-ring (bicyclic) bond motifs is 1. The van der Waals surface area contributed by atoms with Gasteiger partial charge in [-0.3, -0.25) is 4.79 Å². The van der Waals surface area contributed by atoms with E-state index >= 15 is 0 Å². The molecule has 0 radical (unpaired) electrons. The van der Waals surface area contributed by atoms with Crippen LogP contribution in [-0.4, -0.2) is 22.1 Å². The topological polar surface area (TPSA) is 61.4 Å². The molecule has 0 N–H and O–H groups in total. The Bertz CT molecular complexity index is 713. The molecule has 1 aliphatic heterocycles. The van der Waals surface area contributed by atoms with Crippen molar-refractivity contribution in [3.05, 3.63) is 29.0 Å². The zero-order valence-electron chi connectivity index (χ0n) is 11.5. The Labute approximate surface area is 131 Å². The summed E-state index contributed by atoms with van der Waals surface area (Å²) in [7, 11) is 0. The third-order valence-corrected chi connectivity index (χ3v) is 3.89. The number of nitrogens with zero attached hydrogens (tertiary/aromatic N) is 4. The van der Waals surface area contributed by atoms with Crippen molar-refractivity contribution in [1.82, 2.24) is 9.61 Å². The zero-order chi connectivity index (χ0) is 14.8. The fourth-order valence-electron chi connectivity index (χ4n) is 2.24. The largest absolute Gasteiger partial charge is 0.309 e. The van der Waals surface area contributed by atoms with E-state index in [1.54, 1.807) is 21.7 Å². The quantitative estimate of drug-likeness (QED) is 0.796. The first-order valence-corrected chi connectivity index (χ1v) is 7.84. The number of amides is 1. The van der Waals surface area contributed by atoms with E-state index in [4.69, 9.17) is 5.26 Å². The summed E-state index contributed by atoms with van der Waals surface area (Å²) in [6.45, 7) is 0.583. The van der Waals surface area contributed by atoms with Crippen LogP contribution in [0, 0.1) is 17.2 Å². The highest BCUT2D eigenvalue weighted by molar-refractivity contribution is 9.10. The molecule has 2 fully saturated rings. The smallest absolute Gasteiger partial charge is 0.244 e. The summed E-state index contributed by atoms with van der Waals surface area (Å²) in [5.74, 6) is -0.639. The lowest BCUT2D eigenvalue weighted by Gasteiger charge is -2.16. The molecule has 21 heavy (non-hydrogen) atoms. The highest BCUT2D eigenvalue weighted by Crippen LogP contribution is 2.30. The molecule has 1 unspecified atom stereocenters. The SMILES string of the molecule is C1CC1.N#CC1CCN(c2ccnn3cc(Br)cc23)C1=O. The Morgan fingerprint density at radius 2 is 2.14 bits per heavy atom. The lowest BCUT2D eigenvalue weighted by Crippen LogP contribution is -2.27. The van der Waals surface area contributed by atoms with E-state index in [0.29, 0.717) is 13.0 Å². The van der Waals surface area contributed by atoms with Gasteiger partial charge in [-0.15, -0.1) is 0 Å². The first-order valence-electron chi connectivity index (χ1n) is 7.04. The maximum Gasteiger partial charge on any atom is 0.244 e. The highest BCUT2D eigenvalue weighted by Gasteiger charge is 2.33. The molecule has 2 aromatic rings. The summed E-state index contributed by atoms with van der Waals surface area (Å²) in [6.07, 6.45) is 8.58. The van der Waals surface area contributed by atoms with Crippen LogP contribution in [-0.2, 0) is 4.79 Å². The average molecular weight is 347 g/mol. The van der Waals surface area contributed by atoms with Crippen LogP contribution < -0.4 is 4.90 Å². The molecule has 1 saturated heterocycles. The van der Waals surface area contributed by atoms with Crippen molar-refractivity contribution in [2.45, 2.75) is 25.7 Å². The second-order valence-corrected chi connectivity index (χ2v) is 6.14. The van der Waals surface area contributed by atoms with Gasteiger partial charge in [0.2, 0.25) is 5.91 Å². The van der Waals surface area contributed by atoms with E-state index in [-0.39, 0.29) is 5.91 Å². The molecular formula is C15H15BrN4O. The van der Waals surface area contributed by atoms with Gasteiger partial charge in [0.1, 0.15) is 5.92 Å². The minimum Gasteiger partial charge on any atom is -0.309 e. The summed E-state index contributed by atoms with van der Waals surface area (Å²) in [4.78, 5) is 13.7. The summed E-state index contributed by atoms with van der Waals surface area (Å²) in [6, 6.07) is 5.76. The molecule has 5 nitrogen and oxygen atoms in total. The van der Waals surface area contributed by atoms with E-state index < -0.39 is 5.92 Å². The Kier molecular flexibility index (Phi) is 3.93. The number of carbonyl (C=O) groups is 1. The minimum absolute atomic E-state index is 0.122. The van der Waals surface area contributed by atoms with Gasteiger partial charge < -0.3 is 4.90 Å². The van der Waals surface area contributed by atoms with Crippen LogP contribution in [0.5, 0.6) is 0 Å². The number of anilines is 1. The Morgan fingerprint density at radius 3 is 2.76 bits per heavy atom. The molecule has 1 aliphatic carbocycles. The standard InChI is InChI=1S/C12H9BrN4O.C3H6/c13-9-5-11-10(1-3-15-17(11)7-9)16-4-2-8(6-14)12(16)18;1-2-3-1/h1,3,5,7-8H,2,4H2;1-3H2. The predicted octanol–water partition coefficient (Wildman–Crippen LogP) is 3.14. The summed E-state index contributed by atoms with van der Waals surface area (Å²) >= 11 is 3.39. The average Bonchev–Trinajstić information content (AvgIpc) is 3.24. The number of carbonyl (C=O) groups excluding carboxylic acids is 1. The number of hydrogen-bond donors (Lipinski definition) is 0. The third kappa shape index (κ3) is 2.93. The second kappa shape index (κ2) is 5.86. The van der Waals surface area contributed by atoms with Crippen molar-refractivity contribution in [2.24, 2.45) is 5.92 Å². The van der Waals surface area contributed by atoms with Crippen LogP contribution in [0.25, 0.3) is 5.52 Å². The van der Waals surface area contributed by atoms with Gasteiger partial charge in [0, 0.05) is 23.4 Å². The molecule has 2 aromatic heterocycles. The molecule has 108 valence electrons. The summed E-state index contributed by atoms with van der Waals surface area (Å²) < 4.78 is 2.62. The van der Waals surface area contributed by atoms with Gasteiger partial charge in [-0.1, -0.05) is 19.3 Å². The van der Waals surface area contributed by atoms with Crippen molar-refractivity contribution in [1.29, 1.82) is 5.26 Å². The molecule has 4 rings (SSSR count). The number of hydrogen-bond acceptors (Lipinski definition) is 3. The molecule has 6 heteroatoms. The van der Waals surface area contributed by atoms with Crippen LogP contribution in [0.15, 0.2) is 29.0 Å². The monoisotopic (exact) mass is 346 g/mol. The van der Waals surface area contributed by atoms with Crippen LogP contribution in [0.2, 0.25) is 0 Å². The first kappa shape index (κ1) is 14.1. The zero-order valence-corrected chi connectivity index (χ0v) is 13.1. The fraction of sp³-hybridized carbons (Fsp3) is 0.400. The third-order valence-electron chi connectivity index (χ3n) is 3.46. The predicted molar refractivity (Wildman–Crippen MR) is 82.8 cm³/mol. The molecule has 1 atom stereocenters. The molecule has 0 aromatic carbocycles. The van der Waals surface area contributed by atoms with E-state index in [1.165, 1.54) is 19.3 Å². The Hall–Kier alpha value is -1.87. The Balaban J connectivity index is 0.000000393. The van der Waals surface area contributed by atoms with Crippen LogP contribution in [0.1, 0.15) is 25.7 Å². The van der Waals surface area contributed by atoms with Gasteiger partial charge in [-0.2, -0.15) is 10.4 Å². The van der Waals surface area contributed by atoms with Gasteiger partial charge in [-0.25, -0.2) is 4.52 Å². The number of nitriles is 1. The second-order valence-electron chi connectivity index (χ2n) is 5.23. The van der Waals surface area contributed by atoms with Crippen LogP contribution in [0.4, 0.5) is 5.69 Å². The first-order chi connectivity index (χ1) is 10.2. The highest BCUT2D eigenvalue weighted by atomic mass is 79.9. The van der Waals surface area contributed by atoms with Crippen molar-refractivity contribution in [3.8, 4) is 6.07 Å². The molecular weight excluding hydrogens is 332 g/mol.